The first-order valence-electron chi connectivity index (χ1n) is 21.9. The van der Waals surface area contributed by atoms with E-state index in [1.807, 2.05) is 24.8 Å². The molecule has 0 aliphatic rings. The Hall–Kier alpha value is -7.17. The number of aryl methyl sites for hydroxylation is 2. The molecule has 9 rings (SSSR count). The van der Waals surface area contributed by atoms with Gasteiger partial charge in [0.05, 0.1) is 17.6 Å². The fraction of sp³-hybridized carbons (Fsp3) is 0.169. The van der Waals surface area contributed by atoms with Gasteiger partial charge in [-0.15, -0.1) is 0 Å². The smallest absolute Gasteiger partial charge is 0.0704 e. The SMILES string of the molecule is Cc1cc(-c2cn[nH]c2)c(-c2cc(-c3ccccc3-c3ccc(-c4cc(C(C)(C)C)ccn4)cc3)cc(-c3ccccc3-c3ccc(-c4cc(C(C)(C)C)ccn4)cc3)c2)cc1C. The highest BCUT2D eigenvalue weighted by Crippen LogP contribution is 2.43. The topological polar surface area (TPSA) is 54.5 Å². The molecule has 1 N–H and O–H groups in total. The van der Waals surface area contributed by atoms with Gasteiger partial charge >= 0.3 is 0 Å². The predicted molar refractivity (Wildman–Crippen MR) is 265 cm³/mol. The lowest BCUT2D eigenvalue weighted by Crippen LogP contribution is -2.11. The van der Waals surface area contributed by atoms with Crippen molar-refractivity contribution in [3.05, 3.63) is 199 Å². The summed E-state index contributed by atoms with van der Waals surface area (Å²) in [5, 5.41) is 7.41. The van der Waals surface area contributed by atoms with Crippen LogP contribution in [0.15, 0.2) is 176 Å². The van der Waals surface area contributed by atoms with Crippen molar-refractivity contribution in [3.63, 3.8) is 0 Å². The molecule has 4 heteroatoms. The quantitative estimate of drug-likeness (QED) is 0.166. The van der Waals surface area contributed by atoms with Crippen LogP contribution < -0.4 is 0 Å². The molecule has 3 aromatic heterocycles. The van der Waals surface area contributed by atoms with Gasteiger partial charge in [0, 0.05) is 35.3 Å². The van der Waals surface area contributed by atoms with Crippen LogP contribution in [0.4, 0.5) is 0 Å². The minimum Gasteiger partial charge on any atom is -0.285 e. The standard InChI is InChI=1S/C59H54N4/c1-38-29-54(55(30-39(38)2)47-36-62-63-37-47)46-32-44(52-15-11-9-13-50(52)40-17-21-42(22-18-40)56-34-48(25-27-60-56)58(3,4)5)31-45(33-46)53-16-12-10-14-51(53)41-19-23-43(24-20-41)57-35-49(26-28-61-57)59(6,7)8/h9-37H,1-8H3,(H,62,63). The summed E-state index contributed by atoms with van der Waals surface area (Å²) >= 11 is 0. The molecule has 3 heterocycles. The minimum absolute atomic E-state index is 0.0442. The molecule has 0 unspecified atom stereocenters. The zero-order valence-corrected chi connectivity index (χ0v) is 37.6. The van der Waals surface area contributed by atoms with Gasteiger partial charge < -0.3 is 0 Å². The Balaban J connectivity index is 1.18. The average Bonchev–Trinajstić information content (AvgIpc) is 3.85. The first-order valence-corrected chi connectivity index (χ1v) is 21.9. The molecule has 0 spiro atoms. The summed E-state index contributed by atoms with van der Waals surface area (Å²) in [6, 6.07) is 55.7. The molecular weight excluding hydrogens is 765 g/mol. The van der Waals surface area contributed by atoms with Gasteiger partial charge in [-0.3, -0.25) is 15.1 Å². The lowest BCUT2D eigenvalue weighted by atomic mass is 9.85. The van der Waals surface area contributed by atoms with Crippen LogP contribution in [0.1, 0.15) is 63.8 Å². The van der Waals surface area contributed by atoms with E-state index in [2.05, 4.69) is 217 Å². The second-order valence-electron chi connectivity index (χ2n) is 18.9. The molecule has 0 fully saturated rings. The van der Waals surface area contributed by atoms with Crippen LogP contribution in [-0.2, 0) is 10.8 Å². The molecule has 6 aromatic carbocycles. The van der Waals surface area contributed by atoms with Crippen molar-refractivity contribution in [2.45, 2.75) is 66.2 Å². The first-order chi connectivity index (χ1) is 30.3. The first kappa shape index (κ1) is 41.2. The van der Waals surface area contributed by atoms with E-state index in [1.165, 1.54) is 50.1 Å². The van der Waals surface area contributed by atoms with Gasteiger partial charge in [0.1, 0.15) is 0 Å². The molecule has 0 radical (unpaired) electrons. The Labute approximate surface area is 372 Å². The number of nitrogens with one attached hydrogen (secondary N) is 1. The summed E-state index contributed by atoms with van der Waals surface area (Å²) in [7, 11) is 0. The summed E-state index contributed by atoms with van der Waals surface area (Å²) in [6.07, 6.45) is 7.75. The third kappa shape index (κ3) is 8.54. The molecule has 9 aromatic rings. The second kappa shape index (κ2) is 16.6. The summed E-state index contributed by atoms with van der Waals surface area (Å²) in [5.74, 6) is 0. The van der Waals surface area contributed by atoms with Gasteiger partial charge in [0.2, 0.25) is 0 Å². The number of hydrogen-bond donors (Lipinski definition) is 1. The van der Waals surface area contributed by atoms with Gasteiger partial charge in [-0.05, 0) is 151 Å². The molecule has 0 aliphatic heterocycles. The van der Waals surface area contributed by atoms with Gasteiger partial charge in [-0.1, -0.05) is 151 Å². The number of nitrogens with zero attached hydrogens (tertiary/aromatic N) is 3. The van der Waals surface area contributed by atoms with E-state index in [0.717, 1.165) is 61.5 Å². The van der Waals surface area contributed by atoms with Crippen molar-refractivity contribution in [2.75, 3.05) is 0 Å². The molecule has 0 atom stereocenters. The van der Waals surface area contributed by atoms with Crippen LogP contribution in [0, 0.1) is 13.8 Å². The van der Waals surface area contributed by atoms with Crippen LogP contribution in [0.3, 0.4) is 0 Å². The lowest BCUT2D eigenvalue weighted by Gasteiger charge is -2.19. The largest absolute Gasteiger partial charge is 0.285 e. The maximum Gasteiger partial charge on any atom is 0.0704 e. The number of aromatic nitrogens is 4. The lowest BCUT2D eigenvalue weighted by molar-refractivity contribution is 0.589. The second-order valence-corrected chi connectivity index (χ2v) is 18.9. The number of benzene rings is 6. The van der Waals surface area contributed by atoms with Crippen LogP contribution in [0.2, 0.25) is 0 Å². The Morgan fingerprint density at radius 1 is 0.365 bits per heavy atom. The van der Waals surface area contributed by atoms with Crippen LogP contribution >= 0.6 is 0 Å². The van der Waals surface area contributed by atoms with Crippen molar-refractivity contribution in [2.24, 2.45) is 0 Å². The highest BCUT2D eigenvalue weighted by atomic mass is 15.1. The van der Waals surface area contributed by atoms with E-state index < -0.39 is 0 Å². The van der Waals surface area contributed by atoms with E-state index in [4.69, 9.17) is 9.97 Å². The Morgan fingerprint density at radius 2 is 0.730 bits per heavy atom. The van der Waals surface area contributed by atoms with Crippen molar-refractivity contribution < 1.29 is 0 Å². The Morgan fingerprint density at radius 3 is 1.11 bits per heavy atom. The minimum atomic E-state index is 0.0442. The Bertz CT molecular complexity index is 2910. The highest BCUT2D eigenvalue weighted by molar-refractivity contribution is 5.94. The molecule has 310 valence electrons. The van der Waals surface area contributed by atoms with Gasteiger partial charge in [0.15, 0.2) is 0 Å². The normalized spacial score (nSPS) is 11.8. The van der Waals surface area contributed by atoms with Crippen LogP contribution in [0.5, 0.6) is 0 Å². The predicted octanol–water partition coefficient (Wildman–Crippen LogP) is 15.7. The van der Waals surface area contributed by atoms with Crippen molar-refractivity contribution in [3.8, 4) is 89.3 Å². The number of pyridine rings is 2. The van der Waals surface area contributed by atoms with Crippen molar-refractivity contribution in [1.82, 2.24) is 20.2 Å². The van der Waals surface area contributed by atoms with E-state index in [-0.39, 0.29) is 10.8 Å². The maximum atomic E-state index is 4.75. The van der Waals surface area contributed by atoms with Gasteiger partial charge in [0.25, 0.3) is 0 Å². The molecule has 0 saturated heterocycles. The molecule has 4 nitrogen and oxygen atoms in total. The summed E-state index contributed by atoms with van der Waals surface area (Å²) in [4.78, 5) is 9.51. The monoisotopic (exact) mass is 818 g/mol. The summed E-state index contributed by atoms with van der Waals surface area (Å²) in [6.45, 7) is 17.8. The van der Waals surface area contributed by atoms with E-state index in [1.54, 1.807) is 0 Å². The van der Waals surface area contributed by atoms with Gasteiger partial charge in [-0.2, -0.15) is 5.10 Å². The van der Waals surface area contributed by atoms with E-state index in [0.29, 0.717) is 0 Å². The molecule has 63 heavy (non-hydrogen) atoms. The molecule has 0 bridgehead atoms. The number of hydrogen-bond acceptors (Lipinski definition) is 3. The third-order valence-electron chi connectivity index (χ3n) is 12.4. The summed E-state index contributed by atoms with van der Waals surface area (Å²) in [5.41, 5.74) is 23.1. The molecular formula is C59H54N4. The molecule has 0 aliphatic carbocycles. The van der Waals surface area contributed by atoms with Crippen molar-refractivity contribution in [1.29, 1.82) is 0 Å². The average molecular weight is 819 g/mol. The van der Waals surface area contributed by atoms with E-state index in [9.17, 15) is 0 Å². The van der Waals surface area contributed by atoms with Crippen LogP contribution in [-0.4, -0.2) is 20.2 Å². The van der Waals surface area contributed by atoms with E-state index >= 15 is 0 Å². The zero-order chi connectivity index (χ0) is 43.9. The fourth-order valence-electron chi connectivity index (χ4n) is 8.51. The fourth-order valence-corrected chi connectivity index (χ4v) is 8.51. The number of aromatic amines is 1. The van der Waals surface area contributed by atoms with Gasteiger partial charge in [-0.25, -0.2) is 0 Å². The van der Waals surface area contributed by atoms with Crippen LogP contribution in [0.25, 0.3) is 89.3 Å². The molecule has 0 saturated carbocycles. The summed E-state index contributed by atoms with van der Waals surface area (Å²) < 4.78 is 0. The molecule has 0 amide bonds. The number of rotatable bonds is 8. The highest BCUT2D eigenvalue weighted by Gasteiger charge is 2.19. The number of H-pyrrole nitrogens is 1. The third-order valence-corrected chi connectivity index (χ3v) is 12.4. The zero-order valence-electron chi connectivity index (χ0n) is 37.6. The maximum absolute atomic E-state index is 4.75. The Kier molecular flexibility index (Phi) is 10.9. The van der Waals surface area contributed by atoms with Crippen molar-refractivity contribution >= 4 is 0 Å².